The van der Waals surface area contributed by atoms with Gasteiger partial charge in [-0.05, 0) is 44.8 Å². The van der Waals surface area contributed by atoms with E-state index in [9.17, 15) is 0 Å². The average molecular weight is 217 g/mol. The van der Waals surface area contributed by atoms with Crippen LogP contribution in [0.3, 0.4) is 0 Å². The molecule has 1 fully saturated rings. The van der Waals surface area contributed by atoms with Gasteiger partial charge >= 0.3 is 0 Å². The van der Waals surface area contributed by atoms with Gasteiger partial charge in [-0.15, -0.1) is 0 Å². The topological polar surface area (TPSA) is 29.3 Å². The molecule has 2 unspecified atom stereocenters. The van der Waals surface area contributed by atoms with Crippen LogP contribution in [-0.2, 0) is 0 Å². The summed E-state index contributed by atoms with van der Waals surface area (Å²) >= 11 is 5.66. The monoisotopic (exact) mass is 216 g/mol. The van der Waals surface area contributed by atoms with Gasteiger partial charge in [-0.3, -0.25) is 4.90 Å². The quantitative estimate of drug-likeness (QED) is 0.781. The molecule has 82 valence electrons. The van der Waals surface area contributed by atoms with Crippen LogP contribution in [0.1, 0.15) is 26.2 Å². The second-order valence-electron chi connectivity index (χ2n) is 4.36. The van der Waals surface area contributed by atoms with Gasteiger partial charge in [-0.1, -0.05) is 18.0 Å². The number of nitrogens with zero attached hydrogens (tertiary/aromatic N) is 1. The molecule has 0 radical (unpaired) electrons. The molecule has 1 rings (SSSR count). The highest BCUT2D eigenvalue weighted by Crippen LogP contribution is 2.28. The zero-order valence-electron chi connectivity index (χ0n) is 9.17. The van der Waals surface area contributed by atoms with Crippen LogP contribution in [0.2, 0.25) is 0 Å². The van der Waals surface area contributed by atoms with E-state index < -0.39 is 0 Å². The summed E-state index contributed by atoms with van der Waals surface area (Å²) in [7, 11) is 2.17. The summed E-state index contributed by atoms with van der Waals surface area (Å²) in [6, 6.07) is 0.659. The minimum Gasteiger partial charge on any atom is -0.330 e. The van der Waals surface area contributed by atoms with Gasteiger partial charge in [-0.2, -0.15) is 0 Å². The molecule has 0 aromatic heterocycles. The molecule has 0 amide bonds. The number of hydrogen-bond donors (Lipinski definition) is 1. The molecule has 0 bridgehead atoms. The predicted octanol–water partition coefficient (Wildman–Crippen LogP) is 2.19. The maximum atomic E-state index is 5.76. The minimum absolute atomic E-state index is 0.659. The molecule has 0 aromatic rings. The fourth-order valence-electron chi connectivity index (χ4n) is 2.42. The highest BCUT2D eigenvalue weighted by Gasteiger charge is 2.28. The second kappa shape index (κ2) is 5.74. The average Bonchev–Trinajstić information content (AvgIpc) is 2.65. The third-order valence-electron chi connectivity index (χ3n) is 3.17. The summed E-state index contributed by atoms with van der Waals surface area (Å²) in [6.45, 7) is 3.85. The van der Waals surface area contributed by atoms with Crippen molar-refractivity contribution in [3.05, 3.63) is 11.1 Å². The van der Waals surface area contributed by atoms with Crippen molar-refractivity contribution in [2.75, 3.05) is 20.1 Å². The first-order valence-electron chi connectivity index (χ1n) is 5.35. The lowest BCUT2D eigenvalue weighted by molar-refractivity contribution is 0.215. The Kier molecular flexibility index (Phi) is 4.93. The summed E-state index contributed by atoms with van der Waals surface area (Å²) < 4.78 is 0. The highest BCUT2D eigenvalue weighted by molar-refractivity contribution is 6.25. The van der Waals surface area contributed by atoms with Crippen molar-refractivity contribution in [1.29, 1.82) is 0 Å². The van der Waals surface area contributed by atoms with Crippen molar-refractivity contribution in [3.8, 4) is 0 Å². The van der Waals surface area contributed by atoms with E-state index in [0.29, 0.717) is 12.0 Å². The molecular formula is C11H21ClN2. The van der Waals surface area contributed by atoms with Gasteiger partial charge in [0.15, 0.2) is 0 Å². The standard InChI is InChI=1S/C11H21ClN2/c1-9(6-12)8-14(2)11-5-3-4-10(11)7-13/h6,10-11H,3-5,7-8,13H2,1-2H3. The summed E-state index contributed by atoms with van der Waals surface area (Å²) in [5, 5.41) is 0. The van der Waals surface area contributed by atoms with Crippen molar-refractivity contribution >= 4 is 11.6 Å². The molecule has 14 heavy (non-hydrogen) atoms. The molecule has 3 heteroatoms. The Morgan fingerprint density at radius 1 is 1.57 bits per heavy atom. The molecule has 0 aliphatic heterocycles. The van der Waals surface area contributed by atoms with Crippen LogP contribution < -0.4 is 5.73 Å². The van der Waals surface area contributed by atoms with E-state index >= 15 is 0 Å². The Bertz CT molecular complexity index is 203. The third-order valence-corrected chi connectivity index (χ3v) is 3.55. The van der Waals surface area contributed by atoms with E-state index in [1.165, 1.54) is 24.8 Å². The Balaban J connectivity index is 2.47. The van der Waals surface area contributed by atoms with Gasteiger partial charge in [0.25, 0.3) is 0 Å². The summed E-state index contributed by atoms with van der Waals surface area (Å²) in [6.07, 6.45) is 3.89. The maximum absolute atomic E-state index is 5.76. The van der Waals surface area contributed by atoms with E-state index in [1.54, 1.807) is 5.54 Å². The smallest absolute Gasteiger partial charge is 0.0201 e. The summed E-state index contributed by atoms with van der Waals surface area (Å²) in [5.74, 6) is 0.683. The zero-order valence-corrected chi connectivity index (χ0v) is 9.93. The van der Waals surface area contributed by atoms with Crippen molar-refractivity contribution in [1.82, 2.24) is 4.90 Å². The predicted molar refractivity (Wildman–Crippen MR) is 62.4 cm³/mol. The number of likely N-dealkylation sites (N-methyl/N-ethyl adjacent to an activating group) is 1. The van der Waals surface area contributed by atoms with E-state index in [4.69, 9.17) is 17.3 Å². The highest BCUT2D eigenvalue weighted by atomic mass is 35.5. The van der Waals surface area contributed by atoms with Crippen LogP contribution >= 0.6 is 11.6 Å². The van der Waals surface area contributed by atoms with Crippen molar-refractivity contribution in [3.63, 3.8) is 0 Å². The number of rotatable bonds is 4. The van der Waals surface area contributed by atoms with Crippen LogP contribution in [0.25, 0.3) is 0 Å². The van der Waals surface area contributed by atoms with Gasteiger partial charge in [0.05, 0.1) is 0 Å². The van der Waals surface area contributed by atoms with Gasteiger partial charge < -0.3 is 5.73 Å². The Hall–Kier alpha value is -0.0500. The molecule has 2 N–H and O–H groups in total. The van der Waals surface area contributed by atoms with Gasteiger partial charge in [0.1, 0.15) is 0 Å². The Morgan fingerprint density at radius 2 is 2.29 bits per heavy atom. The summed E-state index contributed by atoms with van der Waals surface area (Å²) in [5.41, 5.74) is 8.65. The van der Waals surface area contributed by atoms with E-state index in [-0.39, 0.29) is 0 Å². The Morgan fingerprint density at radius 3 is 2.86 bits per heavy atom. The van der Waals surface area contributed by atoms with Gasteiger partial charge in [0, 0.05) is 18.1 Å². The van der Waals surface area contributed by atoms with Crippen LogP contribution in [0, 0.1) is 5.92 Å². The normalized spacial score (nSPS) is 28.8. The lowest BCUT2D eigenvalue weighted by Gasteiger charge is -2.29. The minimum atomic E-state index is 0.659. The van der Waals surface area contributed by atoms with Gasteiger partial charge in [0.2, 0.25) is 0 Å². The first kappa shape index (κ1) is 12.0. The van der Waals surface area contributed by atoms with Crippen molar-refractivity contribution < 1.29 is 0 Å². The van der Waals surface area contributed by atoms with Crippen molar-refractivity contribution in [2.45, 2.75) is 32.2 Å². The molecule has 0 spiro atoms. The molecule has 0 heterocycles. The number of hydrogen-bond acceptors (Lipinski definition) is 2. The molecule has 1 aliphatic rings. The van der Waals surface area contributed by atoms with Crippen molar-refractivity contribution in [2.24, 2.45) is 11.7 Å². The van der Waals surface area contributed by atoms with Crippen LogP contribution in [0.5, 0.6) is 0 Å². The first-order valence-corrected chi connectivity index (χ1v) is 5.78. The van der Waals surface area contributed by atoms with E-state index in [0.717, 1.165) is 13.1 Å². The fraction of sp³-hybridized carbons (Fsp3) is 0.818. The van der Waals surface area contributed by atoms with E-state index in [1.807, 2.05) is 0 Å². The van der Waals surface area contributed by atoms with Crippen LogP contribution in [0.15, 0.2) is 11.1 Å². The number of halogens is 1. The van der Waals surface area contributed by atoms with Crippen LogP contribution in [-0.4, -0.2) is 31.1 Å². The largest absolute Gasteiger partial charge is 0.330 e. The molecule has 2 nitrogen and oxygen atoms in total. The molecule has 0 saturated heterocycles. The summed E-state index contributed by atoms with van der Waals surface area (Å²) in [4.78, 5) is 2.39. The maximum Gasteiger partial charge on any atom is 0.0201 e. The molecule has 0 aromatic carbocycles. The van der Waals surface area contributed by atoms with E-state index in [2.05, 4.69) is 18.9 Å². The Labute approximate surface area is 92.1 Å². The first-order chi connectivity index (χ1) is 6.69. The third kappa shape index (κ3) is 2.97. The molecule has 1 aliphatic carbocycles. The fourth-order valence-corrected chi connectivity index (χ4v) is 2.49. The molecule has 2 atom stereocenters. The van der Waals surface area contributed by atoms with Gasteiger partial charge in [-0.25, -0.2) is 0 Å². The molecular weight excluding hydrogens is 196 g/mol. The second-order valence-corrected chi connectivity index (χ2v) is 4.58. The number of nitrogens with two attached hydrogens (primary N) is 1. The molecule has 1 saturated carbocycles. The zero-order chi connectivity index (χ0) is 10.6. The SMILES string of the molecule is CC(=CCl)CN(C)C1CCCC1CN. The lowest BCUT2D eigenvalue weighted by Crippen LogP contribution is -2.38. The lowest BCUT2D eigenvalue weighted by atomic mass is 10.0. The van der Waals surface area contributed by atoms with Crippen LogP contribution in [0.4, 0.5) is 0 Å².